The van der Waals surface area contributed by atoms with Crippen LogP contribution in [0.15, 0.2) is 28.8 Å². The fourth-order valence-corrected chi connectivity index (χ4v) is 5.59. The second-order valence-electron chi connectivity index (χ2n) is 8.62. The summed E-state index contributed by atoms with van der Waals surface area (Å²) in [4.78, 5) is 13.8. The molecule has 0 aliphatic carbocycles. The Morgan fingerprint density at radius 1 is 1.03 bits per heavy atom. The molecule has 188 valence electrons. The van der Waals surface area contributed by atoms with Crippen LogP contribution in [-0.4, -0.2) is 44.4 Å². The van der Waals surface area contributed by atoms with Crippen LogP contribution in [0.25, 0.3) is 5.57 Å². The molecule has 0 aliphatic rings. The lowest BCUT2D eigenvalue weighted by atomic mass is 9.91. The number of aryl methyl sites for hydroxylation is 1. The number of carbonyl (C=O) groups excluding carboxylic acids is 1. The van der Waals surface area contributed by atoms with Crippen molar-refractivity contribution in [3.8, 4) is 5.88 Å². The third kappa shape index (κ3) is 6.15. The van der Waals surface area contributed by atoms with Gasteiger partial charge in [-0.05, 0) is 69.4 Å². The Balaban J connectivity index is 2.74. The van der Waals surface area contributed by atoms with Crippen LogP contribution in [0.1, 0.15) is 80.9 Å². The molecule has 0 saturated carbocycles. The van der Waals surface area contributed by atoms with Gasteiger partial charge in [0.05, 0.1) is 16.8 Å². The summed E-state index contributed by atoms with van der Waals surface area (Å²) in [5.41, 5.74) is 2.93. The summed E-state index contributed by atoms with van der Waals surface area (Å²) in [5.74, 6) is -0.783. The Kier molecular flexibility index (Phi) is 8.87. The molecule has 0 bridgehead atoms. The number of ketones is 1. The van der Waals surface area contributed by atoms with E-state index in [9.17, 15) is 21.6 Å². The summed E-state index contributed by atoms with van der Waals surface area (Å²) in [5, 5.41) is 4.22. The smallest absolute Gasteiger partial charge is 0.310 e. The summed E-state index contributed by atoms with van der Waals surface area (Å²) >= 11 is 0. The van der Waals surface area contributed by atoms with Crippen LogP contribution in [0.3, 0.4) is 0 Å². The van der Waals surface area contributed by atoms with Crippen LogP contribution >= 0.6 is 0 Å². The number of nitrogens with zero attached hydrogens (tertiary/aromatic N) is 2. The average Bonchev–Trinajstić information content (AvgIpc) is 3.11. The van der Waals surface area contributed by atoms with Gasteiger partial charge in [-0.2, -0.15) is 13.5 Å². The molecule has 1 aromatic heterocycles. The average molecular weight is 511 g/mol. The molecule has 10 heteroatoms. The predicted molar refractivity (Wildman–Crippen MR) is 134 cm³/mol. The lowest BCUT2D eigenvalue weighted by molar-refractivity contribution is 0.103. The highest BCUT2D eigenvalue weighted by molar-refractivity contribution is 7.90. The lowest BCUT2D eigenvalue weighted by Gasteiger charge is -2.17. The molecule has 0 spiro atoms. The fourth-order valence-electron chi connectivity index (χ4n) is 3.60. The second-order valence-corrected chi connectivity index (χ2v) is 12.3. The van der Waals surface area contributed by atoms with Gasteiger partial charge in [-0.25, -0.2) is 13.1 Å². The van der Waals surface area contributed by atoms with E-state index in [4.69, 9.17) is 4.18 Å². The van der Waals surface area contributed by atoms with E-state index in [1.807, 2.05) is 27.7 Å². The highest BCUT2D eigenvalue weighted by Gasteiger charge is 2.28. The molecular weight excluding hydrogens is 476 g/mol. The van der Waals surface area contributed by atoms with E-state index in [0.717, 1.165) is 30.2 Å². The van der Waals surface area contributed by atoms with E-state index in [-0.39, 0.29) is 27.7 Å². The van der Waals surface area contributed by atoms with Gasteiger partial charge in [0.1, 0.15) is 5.56 Å². The molecule has 0 N–H and O–H groups in total. The Bertz CT molecular complexity index is 1320. The molecule has 0 atom stereocenters. The van der Waals surface area contributed by atoms with Gasteiger partial charge >= 0.3 is 10.1 Å². The summed E-state index contributed by atoms with van der Waals surface area (Å²) in [6.07, 6.45) is 4.39. The molecule has 0 aliphatic heterocycles. The number of unbranched alkanes of at least 4 members (excludes halogenated alkanes) is 1. The molecule has 34 heavy (non-hydrogen) atoms. The number of hydrogen-bond acceptors (Lipinski definition) is 7. The van der Waals surface area contributed by atoms with Crippen LogP contribution in [0.5, 0.6) is 5.88 Å². The van der Waals surface area contributed by atoms with Crippen molar-refractivity contribution in [2.45, 2.75) is 72.2 Å². The predicted octanol–water partition coefficient (Wildman–Crippen LogP) is 4.56. The maximum absolute atomic E-state index is 13.6. The molecule has 0 radical (unpaired) electrons. The van der Waals surface area contributed by atoms with Crippen molar-refractivity contribution in [2.75, 3.05) is 12.0 Å². The molecule has 1 aromatic carbocycles. The van der Waals surface area contributed by atoms with Gasteiger partial charge < -0.3 is 4.18 Å². The standard InChI is InChI=1S/C24H34N2O6S2/c1-8-10-13-26-24(32-34(30,31)14-9-2)20(15-25-26)23(27)19-11-12-21(33(7,28)29)22(18(19)6)17(5)16(3)4/h11-12,15H,8-10,13-14H2,1-7H3. The van der Waals surface area contributed by atoms with E-state index >= 15 is 0 Å². The maximum Gasteiger partial charge on any atom is 0.310 e. The first-order chi connectivity index (χ1) is 15.7. The third-order valence-corrected chi connectivity index (χ3v) is 8.07. The van der Waals surface area contributed by atoms with Crippen LogP contribution in [0.2, 0.25) is 0 Å². The Labute approximate surface area is 203 Å². The van der Waals surface area contributed by atoms with Gasteiger partial charge in [0.2, 0.25) is 5.88 Å². The maximum atomic E-state index is 13.6. The monoisotopic (exact) mass is 510 g/mol. The minimum Gasteiger partial charge on any atom is -0.361 e. The molecule has 0 unspecified atom stereocenters. The van der Waals surface area contributed by atoms with Crippen molar-refractivity contribution in [2.24, 2.45) is 0 Å². The van der Waals surface area contributed by atoms with Crippen LogP contribution < -0.4 is 4.18 Å². The topological polar surface area (TPSA) is 112 Å². The third-order valence-electron chi connectivity index (χ3n) is 5.62. The van der Waals surface area contributed by atoms with Crippen molar-refractivity contribution < 1.29 is 25.8 Å². The quantitative estimate of drug-likeness (QED) is 0.322. The van der Waals surface area contributed by atoms with Gasteiger partial charge in [-0.15, -0.1) is 0 Å². The summed E-state index contributed by atoms with van der Waals surface area (Å²) in [6, 6.07) is 2.89. The largest absolute Gasteiger partial charge is 0.361 e. The Morgan fingerprint density at radius 2 is 1.68 bits per heavy atom. The van der Waals surface area contributed by atoms with Crippen molar-refractivity contribution >= 4 is 31.3 Å². The molecule has 8 nitrogen and oxygen atoms in total. The van der Waals surface area contributed by atoms with E-state index in [2.05, 4.69) is 5.10 Å². The Morgan fingerprint density at radius 3 is 2.21 bits per heavy atom. The highest BCUT2D eigenvalue weighted by Crippen LogP contribution is 2.33. The zero-order valence-corrected chi connectivity index (χ0v) is 22.6. The van der Waals surface area contributed by atoms with Crippen LogP contribution in [-0.2, 0) is 26.5 Å². The fraction of sp³-hybridized carbons (Fsp3) is 0.500. The minimum atomic E-state index is -3.91. The van der Waals surface area contributed by atoms with E-state index in [1.54, 1.807) is 13.8 Å². The molecule has 0 amide bonds. The molecular formula is C24H34N2O6S2. The highest BCUT2D eigenvalue weighted by atomic mass is 32.2. The van der Waals surface area contributed by atoms with E-state index < -0.39 is 25.7 Å². The SMILES string of the molecule is CCCCn1ncc(C(=O)c2ccc(S(C)(=O)=O)c(C(C)=C(C)C)c2C)c1OS(=O)(=O)CCC. The molecule has 2 rings (SSSR count). The first kappa shape index (κ1) is 27.8. The summed E-state index contributed by atoms with van der Waals surface area (Å²) in [7, 11) is -7.46. The number of rotatable bonds is 11. The lowest BCUT2D eigenvalue weighted by Crippen LogP contribution is -2.18. The molecule has 2 aromatic rings. The van der Waals surface area contributed by atoms with Crippen molar-refractivity contribution in [3.63, 3.8) is 0 Å². The number of benzene rings is 1. The van der Waals surface area contributed by atoms with E-state index in [1.165, 1.54) is 23.0 Å². The van der Waals surface area contributed by atoms with Crippen molar-refractivity contribution in [3.05, 3.63) is 46.2 Å². The number of hydrogen-bond donors (Lipinski definition) is 0. The molecule has 1 heterocycles. The van der Waals surface area contributed by atoms with Crippen LogP contribution in [0, 0.1) is 6.92 Å². The zero-order chi connectivity index (χ0) is 25.8. The number of aromatic nitrogens is 2. The number of sulfone groups is 1. The first-order valence-corrected chi connectivity index (χ1v) is 14.7. The molecule has 0 saturated heterocycles. The van der Waals surface area contributed by atoms with Gasteiger partial charge in [-0.1, -0.05) is 25.8 Å². The summed E-state index contributed by atoms with van der Waals surface area (Å²) in [6.45, 7) is 11.4. The van der Waals surface area contributed by atoms with Gasteiger partial charge in [-0.3, -0.25) is 4.79 Å². The normalized spacial score (nSPS) is 12.0. The summed E-state index contributed by atoms with van der Waals surface area (Å²) < 4.78 is 56.5. The molecule has 0 fully saturated rings. The van der Waals surface area contributed by atoms with E-state index in [0.29, 0.717) is 24.1 Å². The zero-order valence-electron chi connectivity index (χ0n) is 20.9. The van der Waals surface area contributed by atoms with Crippen LogP contribution in [0.4, 0.5) is 0 Å². The number of allylic oxidation sites excluding steroid dienone is 2. The number of carbonyl (C=O) groups is 1. The van der Waals surface area contributed by atoms with Gasteiger partial charge in [0.15, 0.2) is 15.6 Å². The minimum absolute atomic E-state index is 0.0202. The first-order valence-electron chi connectivity index (χ1n) is 11.3. The van der Waals surface area contributed by atoms with Gasteiger partial charge in [0.25, 0.3) is 0 Å². The van der Waals surface area contributed by atoms with Crippen molar-refractivity contribution in [1.29, 1.82) is 0 Å². The van der Waals surface area contributed by atoms with Gasteiger partial charge in [0, 0.05) is 18.4 Å². The van der Waals surface area contributed by atoms with Crippen molar-refractivity contribution in [1.82, 2.24) is 9.78 Å². The Hall–Kier alpha value is -2.46. The second kappa shape index (κ2) is 10.9.